The fourth-order valence-corrected chi connectivity index (χ4v) is 9.70. The van der Waals surface area contributed by atoms with Gasteiger partial charge in [0.15, 0.2) is 0 Å². The highest BCUT2D eigenvalue weighted by Crippen LogP contribution is 2.30. The van der Waals surface area contributed by atoms with Gasteiger partial charge in [-0.3, -0.25) is 19.2 Å². The van der Waals surface area contributed by atoms with Crippen LogP contribution < -0.4 is 21.3 Å². The molecule has 0 radical (unpaired) electrons. The van der Waals surface area contributed by atoms with Crippen molar-refractivity contribution in [1.29, 1.82) is 0 Å². The summed E-state index contributed by atoms with van der Waals surface area (Å²) in [5, 5.41) is 12.8. The normalized spacial score (nSPS) is 19.8. The maximum Gasteiger partial charge on any atom is 0.410 e. The van der Waals surface area contributed by atoms with E-state index in [1.165, 1.54) is 22.3 Å². The fourth-order valence-electron chi connectivity index (χ4n) is 7.31. The molecule has 16 nitrogen and oxygen atoms in total. The van der Waals surface area contributed by atoms with Crippen LogP contribution in [-0.2, 0) is 46.9 Å². The molecule has 1 saturated carbocycles. The van der Waals surface area contributed by atoms with E-state index < -0.39 is 86.8 Å². The predicted octanol–water partition coefficient (Wildman–Crippen LogP) is 3.79. The second-order valence-electron chi connectivity index (χ2n) is 18.2. The summed E-state index contributed by atoms with van der Waals surface area (Å²) in [6.07, 6.45) is 1.27. The summed E-state index contributed by atoms with van der Waals surface area (Å²) in [5.74, 6) is -2.88. The number of amides is 6. The first-order valence-corrected chi connectivity index (χ1v) is 23.0. The molecule has 330 valence electrons. The summed E-state index contributed by atoms with van der Waals surface area (Å²) in [4.78, 5) is 85.3. The van der Waals surface area contributed by atoms with Gasteiger partial charge < -0.3 is 35.8 Å². The molecule has 4 N–H and O–H groups in total. The molecule has 0 bridgehead atoms. The molecule has 60 heavy (non-hydrogen) atoms. The molecule has 0 spiro atoms. The summed E-state index contributed by atoms with van der Waals surface area (Å²) >= 11 is 1.09. The lowest BCUT2D eigenvalue weighted by atomic mass is 9.85. The lowest BCUT2D eigenvalue weighted by Gasteiger charge is -2.37. The lowest BCUT2D eigenvalue weighted by molar-refractivity contribution is -0.144. The number of sulfonamides is 1. The summed E-state index contributed by atoms with van der Waals surface area (Å²) in [7, 11) is -2.39. The number of hydrogen-bond acceptors (Lipinski definition) is 10. The molecule has 6 amide bonds. The lowest BCUT2D eigenvalue weighted by Crippen LogP contribution is -2.62. The van der Waals surface area contributed by atoms with Crippen LogP contribution in [0.2, 0.25) is 0 Å². The van der Waals surface area contributed by atoms with Crippen molar-refractivity contribution in [2.24, 2.45) is 10.8 Å². The quantitative estimate of drug-likeness (QED) is 0.192. The van der Waals surface area contributed by atoms with Crippen molar-refractivity contribution in [1.82, 2.24) is 35.4 Å². The first kappa shape index (κ1) is 46.5. The molecule has 2 aliphatic heterocycles. The van der Waals surface area contributed by atoms with E-state index in [0.717, 1.165) is 35.3 Å². The molecule has 5 atom stereocenters. The molecule has 3 heterocycles. The number of nitrogens with one attached hydrogen (secondary N) is 4. The van der Waals surface area contributed by atoms with Crippen LogP contribution in [0.4, 0.5) is 9.59 Å². The van der Waals surface area contributed by atoms with E-state index in [0.29, 0.717) is 25.9 Å². The zero-order valence-electron chi connectivity index (χ0n) is 35.9. The second kappa shape index (κ2) is 19.0. The number of ketones is 1. The van der Waals surface area contributed by atoms with Crippen LogP contribution in [0.1, 0.15) is 91.7 Å². The van der Waals surface area contributed by atoms with Gasteiger partial charge in [-0.25, -0.2) is 18.0 Å². The Bertz CT molecular complexity index is 2010. The van der Waals surface area contributed by atoms with Crippen LogP contribution in [0.3, 0.4) is 0 Å². The largest absolute Gasteiger partial charge is 0.444 e. The number of urea groups is 1. The topological polar surface area (TPSA) is 204 Å². The second-order valence-corrected chi connectivity index (χ2v) is 21.4. The molecule has 1 aliphatic carbocycles. The number of hydrogen-bond donors (Lipinski definition) is 4. The van der Waals surface area contributed by atoms with E-state index in [1.807, 2.05) is 52.0 Å². The van der Waals surface area contributed by atoms with Gasteiger partial charge in [-0.1, -0.05) is 85.2 Å². The van der Waals surface area contributed by atoms with E-state index >= 15 is 0 Å². The minimum Gasteiger partial charge on any atom is -0.444 e. The van der Waals surface area contributed by atoms with Crippen molar-refractivity contribution in [3.05, 3.63) is 52.9 Å². The number of carbonyl (C=O) groups is 6. The Hall–Kier alpha value is -4.55. The van der Waals surface area contributed by atoms with E-state index in [1.54, 1.807) is 37.1 Å². The Kier molecular flexibility index (Phi) is 14.7. The van der Waals surface area contributed by atoms with Crippen molar-refractivity contribution >= 4 is 57.0 Å². The number of fused-ring (bicyclic) bond motifs is 1. The Labute approximate surface area is 357 Å². The summed E-state index contributed by atoms with van der Waals surface area (Å²) in [6.45, 7) is 13.2. The third kappa shape index (κ3) is 11.6. The van der Waals surface area contributed by atoms with Crippen molar-refractivity contribution in [3.8, 4) is 0 Å². The van der Waals surface area contributed by atoms with Crippen molar-refractivity contribution in [2.45, 2.75) is 134 Å². The highest BCUT2D eigenvalue weighted by Gasteiger charge is 2.47. The molecule has 2 aromatic rings. The number of ether oxygens (including phenoxy) is 1. The van der Waals surface area contributed by atoms with Gasteiger partial charge >= 0.3 is 12.1 Å². The predicted molar refractivity (Wildman–Crippen MR) is 226 cm³/mol. The minimum atomic E-state index is -3.83. The summed E-state index contributed by atoms with van der Waals surface area (Å²) < 4.78 is 33.9. The van der Waals surface area contributed by atoms with Gasteiger partial charge in [0.05, 0.1) is 12.6 Å². The number of nitrogens with zero attached hydrogens (tertiary/aromatic N) is 3. The van der Waals surface area contributed by atoms with Crippen LogP contribution in [0, 0.1) is 10.8 Å². The SMILES string of the molecule is CCCC(NC(=O)C1CC(OC(=O)N2CCc3ccccc3C2)CN1C(=O)C(NC(=O)N[C@H](CN(C)S(=O)(=O)c1cccs1)C(C)(C)C)C(C)(C)C)C(=O)C(=O)NC1CC1. The average Bonchev–Trinajstić information content (AvgIpc) is 3.61. The van der Waals surface area contributed by atoms with Gasteiger partial charge in [0.2, 0.25) is 17.6 Å². The van der Waals surface area contributed by atoms with Crippen LogP contribution in [0.25, 0.3) is 0 Å². The van der Waals surface area contributed by atoms with E-state index in [9.17, 15) is 37.2 Å². The van der Waals surface area contributed by atoms with Crippen molar-refractivity contribution in [3.63, 3.8) is 0 Å². The Morgan fingerprint density at radius 2 is 1.62 bits per heavy atom. The summed E-state index contributed by atoms with van der Waals surface area (Å²) in [6, 6.07) is 5.91. The molecular formula is C42H61N7O9S2. The van der Waals surface area contributed by atoms with Gasteiger partial charge in [0.1, 0.15) is 22.4 Å². The van der Waals surface area contributed by atoms with E-state index in [-0.39, 0.29) is 36.2 Å². The molecule has 3 aliphatic rings. The molecule has 1 aromatic heterocycles. The smallest absolute Gasteiger partial charge is 0.410 e. The average molecular weight is 872 g/mol. The number of benzene rings is 1. The Morgan fingerprint density at radius 1 is 0.933 bits per heavy atom. The number of likely N-dealkylation sites (tertiary alicyclic amines) is 1. The number of rotatable bonds is 15. The van der Waals surface area contributed by atoms with Gasteiger partial charge in [-0.15, -0.1) is 11.3 Å². The van der Waals surface area contributed by atoms with Crippen LogP contribution in [-0.4, -0.2) is 121 Å². The highest BCUT2D eigenvalue weighted by atomic mass is 32.2. The molecule has 18 heteroatoms. The number of thiophene rings is 1. The minimum absolute atomic E-state index is 0.0639. The maximum atomic E-state index is 14.8. The molecule has 1 aromatic carbocycles. The first-order valence-electron chi connectivity index (χ1n) is 20.6. The maximum absolute atomic E-state index is 14.8. The molecule has 4 unspecified atom stereocenters. The van der Waals surface area contributed by atoms with Crippen molar-refractivity contribution < 1.29 is 41.9 Å². The third-order valence-electron chi connectivity index (χ3n) is 11.2. The number of carbonyl (C=O) groups excluding carboxylic acids is 6. The molecule has 1 saturated heterocycles. The number of likely N-dealkylation sites (N-methyl/N-ethyl adjacent to an activating group) is 1. The van der Waals surface area contributed by atoms with Gasteiger partial charge in [0.25, 0.3) is 15.9 Å². The Balaban J connectivity index is 1.36. The fraction of sp³-hybridized carbons (Fsp3) is 0.619. The van der Waals surface area contributed by atoms with E-state index in [2.05, 4.69) is 21.3 Å². The standard InChI is InChI=1S/C42H61N7O9S2/c1-9-13-30(34(50)37(52)43-28-17-18-28)44-36(51)31-22-29(58-40(55)48-20-19-26-14-10-11-15-27(26)23-48)24-49(31)38(53)35(42(5,6)7)46-39(54)45-32(41(2,3)4)25-47(8)60(56,57)33-16-12-21-59-33/h10-12,14-16,21,28-32,35H,9,13,17-20,22-25H2,1-8H3,(H,43,52)(H,44,51)(H2,45,46,54)/t29?,30?,31?,32-,35?/m1/s1. The first-order chi connectivity index (χ1) is 28.1. The van der Waals surface area contributed by atoms with Gasteiger partial charge in [-0.2, -0.15) is 4.31 Å². The van der Waals surface area contributed by atoms with Crippen molar-refractivity contribution in [2.75, 3.05) is 26.7 Å². The van der Waals surface area contributed by atoms with E-state index in [4.69, 9.17) is 4.74 Å². The zero-order valence-corrected chi connectivity index (χ0v) is 37.5. The molecule has 5 rings (SSSR count). The monoisotopic (exact) mass is 871 g/mol. The molecular weight excluding hydrogens is 811 g/mol. The third-order valence-corrected chi connectivity index (χ3v) is 14.4. The highest BCUT2D eigenvalue weighted by molar-refractivity contribution is 7.91. The van der Waals surface area contributed by atoms with Crippen LogP contribution in [0.5, 0.6) is 0 Å². The number of Topliss-reactive ketones (excluding diaryl/α,β-unsaturated/α-hetero) is 1. The zero-order chi connectivity index (χ0) is 44.2. The summed E-state index contributed by atoms with van der Waals surface area (Å²) in [5.41, 5.74) is 0.613. The molecule has 2 fully saturated rings. The Morgan fingerprint density at radius 3 is 2.22 bits per heavy atom. The van der Waals surface area contributed by atoms with Gasteiger partial charge in [-0.05, 0) is 59.1 Å². The van der Waals surface area contributed by atoms with Crippen LogP contribution in [0.15, 0.2) is 46.0 Å². The van der Waals surface area contributed by atoms with Crippen LogP contribution >= 0.6 is 11.3 Å². The van der Waals surface area contributed by atoms with Gasteiger partial charge in [0, 0.05) is 45.2 Å².